The van der Waals surface area contributed by atoms with E-state index in [1.807, 2.05) is 6.07 Å². The minimum absolute atomic E-state index is 0.749. The van der Waals surface area contributed by atoms with Crippen LogP contribution >= 0.6 is 0 Å². The molecule has 0 unspecified atom stereocenters. The second kappa shape index (κ2) is 4.09. The molecule has 1 aromatic rings. The first-order chi connectivity index (χ1) is 7.20. The van der Waals surface area contributed by atoms with Gasteiger partial charge in [-0.05, 0) is 44.2 Å². The first-order valence-corrected chi connectivity index (χ1v) is 5.67. The molecule has 82 valence electrons. The molecule has 3 nitrogen and oxygen atoms in total. The lowest BCUT2D eigenvalue weighted by molar-refractivity contribution is 0.730. The van der Waals surface area contributed by atoms with Crippen LogP contribution in [0.15, 0.2) is 12.3 Å². The minimum Gasteiger partial charge on any atom is -0.397 e. The van der Waals surface area contributed by atoms with Crippen molar-refractivity contribution >= 4 is 11.5 Å². The lowest BCUT2D eigenvalue weighted by Crippen LogP contribution is -2.26. The summed E-state index contributed by atoms with van der Waals surface area (Å²) in [5.41, 5.74) is 7.63. The highest BCUT2D eigenvalue weighted by Gasteiger charge is 2.24. The average molecular weight is 205 g/mol. The number of rotatable bonds is 4. The number of hydrogen-bond donors (Lipinski definition) is 1. The van der Waals surface area contributed by atoms with Crippen molar-refractivity contribution in [2.24, 2.45) is 5.92 Å². The Labute approximate surface area is 91.3 Å². The Bertz CT molecular complexity index is 345. The van der Waals surface area contributed by atoms with Gasteiger partial charge >= 0.3 is 0 Å². The van der Waals surface area contributed by atoms with Crippen molar-refractivity contribution in [3.63, 3.8) is 0 Å². The molecule has 15 heavy (non-hydrogen) atoms. The summed E-state index contributed by atoms with van der Waals surface area (Å²) in [5, 5.41) is 0. The molecule has 1 fully saturated rings. The summed E-state index contributed by atoms with van der Waals surface area (Å²) in [4.78, 5) is 6.78. The summed E-state index contributed by atoms with van der Waals surface area (Å²) in [5.74, 6) is 1.99. The van der Waals surface area contributed by atoms with E-state index in [-0.39, 0.29) is 0 Å². The quantitative estimate of drug-likeness (QED) is 0.819. The smallest absolute Gasteiger partial charge is 0.131 e. The molecule has 3 heteroatoms. The van der Waals surface area contributed by atoms with E-state index in [9.17, 15) is 0 Å². The number of aryl methyl sites for hydroxylation is 1. The summed E-state index contributed by atoms with van der Waals surface area (Å²) in [6.45, 7) is 6.43. The largest absolute Gasteiger partial charge is 0.397 e. The van der Waals surface area contributed by atoms with E-state index >= 15 is 0 Å². The molecule has 0 spiro atoms. The van der Waals surface area contributed by atoms with Gasteiger partial charge in [0.1, 0.15) is 5.82 Å². The number of pyridine rings is 1. The van der Waals surface area contributed by atoms with Gasteiger partial charge in [0.05, 0.1) is 11.9 Å². The molecule has 1 heterocycles. The van der Waals surface area contributed by atoms with Gasteiger partial charge in [-0.15, -0.1) is 0 Å². The van der Waals surface area contributed by atoms with Crippen LogP contribution in [0.3, 0.4) is 0 Å². The third-order valence-electron chi connectivity index (χ3n) is 2.93. The van der Waals surface area contributed by atoms with Crippen LogP contribution in [0.1, 0.15) is 25.3 Å². The number of nitrogens with two attached hydrogens (primary N) is 1. The van der Waals surface area contributed by atoms with Crippen LogP contribution in [0, 0.1) is 12.8 Å². The van der Waals surface area contributed by atoms with Gasteiger partial charge < -0.3 is 10.6 Å². The molecular formula is C12H19N3. The predicted molar refractivity (Wildman–Crippen MR) is 64.0 cm³/mol. The highest BCUT2D eigenvalue weighted by atomic mass is 15.2. The number of nitrogen functional groups attached to an aromatic ring is 1. The Balaban J connectivity index is 2.16. The van der Waals surface area contributed by atoms with Crippen LogP contribution in [-0.2, 0) is 0 Å². The van der Waals surface area contributed by atoms with E-state index in [4.69, 9.17) is 5.73 Å². The Kier molecular flexibility index (Phi) is 2.80. The molecule has 2 N–H and O–H groups in total. The molecule has 0 aliphatic heterocycles. The highest BCUT2D eigenvalue weighted by molar-refractivity contribution is 5.52. The second-order valence-corrected chi connectivity index (χ2v) is 4.39. The fraction of sp³-hybridized carbons (Fsp3) is 0.583. The van der Waals surface area contributed by atoms with E-state index in [1.165, 1.54) is 18.4 Å². The van der Waals surface area contributed by atoms with Crippen molar-refractivity contribution in [1.29, 1.82) is 0 Å². The zero-order valence-corrected chi connectivity index (χ0v) is 9.53. The summed E-state index contributed by atoms with van der Waals surface area (Å²) in [6.07, 6.45) is 4.51. The standard InChI is InChI=1S/C12H19N3/c1-3-15(8-10-4-5-10)12-9(2)6-11(13)7-14-12/h6-7,10H,3-5,8,13H2,1-2H3. The molecule has 2 rings (SSSR count). The van der Waals surface area contributed by atoms with E-state index in [2.05, 4.69) is 23.7 Å². The molecule has 1 saturated carbocycles. The van der Waals surface area contributed by atoms with E-state index < -0.39 is 0 Å². The van der Waals surface area contributed by atoms with Gasteiger partial charge in [0.15, 0.2) is 0 Å². The van der Waals surface area contributed by atoms with Crippen molar-refractivity contribution in [3.05, 3.63) is 17.8 Å². The number of nitrogens with zero attached hydrogens (tertiary/aromatic N) is 2. The van der Waals surface area contributed by atoms with Crippen LogP contribution < -0.4 is 10.6 Å². The summed E-state index contributed by atoms with van der Waals surface area (Å²) >= 11 is 0. The van der Waals surface area contributed by atoms with Crippen molar-refractivity contribution in [3.8, 4) is 0 Å². The molecule has 0 atom stereocenters. The van der Waals surface area contributed by atoms with Gasteiger partial charge in [0.25, 0.3) is 0 Å². The van der Waals surface area contributed by atoms with Crippen molar-refractivity contribution in [2.45, 2.75) is 26.7 Å². The molecule has 0 radical (unpaired) electrons. The van der Waals surface area contributed by atoms with E-state index in [1.54, 1.807) is 6.20 Å². The maximum atomic E-state index is 5.70. The molecule has 0 aromatic carbocycles. The van der Waals surface area contributed by atoms with Crippen LogP contribution in [0.5, 0.6) is 0 Å². The number of hydrogen-bond acceptors (Lipinski definition) is 3. The van der Waals surface area contributed by atoms with Gasteiger partial charge in [-0.1, -0.05) is 0 Å². The van der Waals surface area contributed by atoms with Crippen LogP contribution in [0.4, 0.5) is 11.5 Å². The van der Waals surface area contributed by atoms with Crippen LogP contribution in [-0.4, -0.2) is 18.1 Å². The van der Waals surface area contributed by atoms with Crippen LogP contribution in [0.25, 0.3) is 0 Å². The second-order valence-electron chi connectivity index (χ2n) is 4.39. The topological polar surface area (TPSA) is 42.2 Å². The molecule has 1 aliphatic rings. The van der Waals surface area contributed by atoms with Crippen LogP contribution in [0.2, 0.25) is 0 Å². The summed E-state index contributed by atoms with van der Waals surface area (Å²) in [7, 11) is 0. The molecular weight excluding hydrogens is 186 g/mol. The molecule has 1 aliphatic carbocycles. The van der Waals surface area contributed by atoms with Gasteiger partial charge in [-0.2, -0.15) is 0 Å². The number of anilines is 2. The molecule has 0 saturated heterocycles. The van der Waals surface area contributed by atoms with E-state index in [0.717, 1.165) is 30.5 Å². The summed E-state index contributed by atoms with van der Waals surface area (Å²) < 4.78 is 0. The number of aromatic nitrogens is 1. The van der Waals surface area contributed by atoms with Crippen molar-refractivity contribution in [1.82, 2.24) is 4.98 Å². The Hall–Kier alpha value is -1.25. The maximum absolute atomic E-state index is 5.70. The average Bonchev–Trinajstić information content (AvgIpc) is 2.99. The first-order valence-electron chi connectivity index (χ1n) is 5.67. The van der Waals surface area contributed by atoms with Gasteiger partial charge in [-0.3, -0.25) is 0 Å². The minimum atomic E-state index is 0.749. The maximum Gasteiger partial charge on any atom is 0.131 e. The fourth-order valence-electron chi connectivity index (χ4n) is 1.90. The highest BCUT2D eigenvalue weighted by Crippen LogP contribution is 2.31. The van der Waals surface area contributed by atoms with Gasteiger partial charge in [0, 0.05) is 13.1 Å². The zero-order valence-electron chi connectivity index (χ0n) is 9.53. The molecule has 0 bridgehead atoms. The SMILES string of the molecule is CCN(CC1CC1)c1ncc(N)cc1C. The van der Waals surface area contributed by atoms with Gasteiger partial charge in [0.2, 0.25) is 0 Å². The Morgan fingerprint density at radius 2 is 2.27 bits per heavy atom. The fourth-order valence-corrected chi connectivity index (χ4v) is 1.90. The van der Waals surface area contributed by atoms with Gasteiger partial charge in [-0.25, -0.2) is 4.98 Å². The van der Waals surface area contributed by atoms with E-state index in [0.29, 0.717) is 0 Å². The summed E-state index contributed by atoms with van der Waals surface area (Å²) in [6, 6.07) is 2.00. The molecule has 0 amide bonds. The molecule has 1 aromatic heterocycles. The predicted octanol–water partition coefficient (Wildman–Crippen LogP) is 2.21. The Morgan fingerprint density at radius 1 is 1.53 bits per heavy atom. The lowest BCUT2D eigenvalue weighted by Gasteiger charge is -2.23. The third-order valence-corrected chi connectivity index (χ3v) is 2.93. The normalized spacial score (nSPS) is 15.3. The van der Waals surface area contributed by atoms with Crippen molar-refractivity contribution < 1.29 is 0 Å². The lowest BCUT2D eigenvalue weighted by atomic mass is 10.2. The van der Waals surface area contributed by atoms with Crippen molar-refractivity contribution in [2.75, 3.05) is 23.7 Å². The third kappa shape index (κ3) is 2.41. The Morgan fingerprint density at radius 3 is 2.80 bits per heavy atom. The monoisotopic (exact) mass is 205 g/mol. The first kappa shape index (κ1) is 10.3. The zero-order chi connectivity index (χ0) is 10.8.